The molecule has 1 aromatic carbocycles. The van der Waals surface area contributed by atoms with Gasteiger partial charge in [0, 0.05) is 17.2 Å². The summed E-state index contributed by atoms with van der Waals surface area (Å²) in [6.07, 6.45) is 1.74. The van der Waals surface area contributed by atoms with E-state index in [4.69, 9.17) is 11.2 Å². The van der Waals surface area contributed by atoms with E-state index in [0.29, 0.717) is 11.1 Å². The summed E-state index contributed by atoms with van der Waals surface area (Å²) in [7, 11) is 0. The van der Waals surface area contributed by atoms with Crippen molar-refractivity contribution < 1.29 is 22.7 Å². The normalized spacial score (nSPS) is 10.8. The van der Waals surface area contributed by atoms with Crippen LogP contribution in [0.4, 0.5) is 19.0 Å². The fourth-order valence-corrected chi connectivity index (χ4v) is 2.21. The van der Waals surface area contributed by atoms with Crippen LogP contribution in [0.3, 0.4) is 0 Å². The van der Waals surface area contributed by atoms with Crippen LogP contribution in [-0.4, -0.2) is 15.9 Å². The highest BCUT2D eigenvalue weighted by Gasteiger charge is 2.32. The number of halogens is 3. The summed E-state index contributed by atoms with van der Waals surface area (Å²) in [5.74, 6) is 2.38. The Labute approximate surface area is 158 Å². The van der Waals surface area contributed by atoms with E-state index >= 15 is 0 Å². The maximum absolute atomic E-state index is 12.5. The van der Waals surface area contributed by atoms with Gasteiger partial charge in [0.05, 0.1) is 6.20 Å². The first-order valence-electron chi connectivity index (χ1n) is 7.91. The lowest BCUT2D eigenvalue weighted by molar-refractivity contribution is -0.141. The number of nitrogens with zero attached hydrogens (tertiary/aromatic N) is 2. The molecule has 140 valence electrons. The number of carbonyl (C=O) groups is 1. The number of pyridine rings is 2. The molecule has 0 aliphatic heterocycles. The van der Waals surface area contributed by atoms with E-state index in [1.165, 1.54) is 6.07 Å². The zero-order valence-electron chi connectivity index (χ0n) is 14.2. The first-order valence-corrected chi connectivity index (χ1v) is 7.91. The monoisotopic (exact) mass is 383 g/mol. The van der Waals surface area contributed by atoms with Gasteiger partial charge in [0.2, 0.25) is 5.88 Å². The Kier molecular flexibility index (Phi) is 5.27. The molecular formula is C20H12F3N3O2. The van der Waals surface area contributed by atoms with Crippen LogP contribution in [0.1, 0.15) is 21.6 Å². The Hall–Kier alpha value is -3.86. The van der Waals surface area contributed by atoms with Gasteiger partial charge in [-0.05, 0) is 36.4 Å². The zero-order chi connectivity index (χ0) is 20.1. The van der Waals surface area contributed by atoms with Crippen molar-refractivity contribution in [2.45, 2.75) is 6.18 Å². The predicted molar refractivity (Wildman–Crippen MR) is 95.9 cm³/mol. The average molecular weight is 383 g/mol. The second-order valence-electron chi connectivity index (χ2n) is 5.52. The molecule has 0 bridgehead atoms. The van der Waals surface area contributed by atoms with Crippen LogP contribution in [0.2, 0.25) is 0 Å². The lowest BCUT2D eigenvalue weighted by Crippen LogP contribution is -2.13. The molecule has 5 nitrogen and oxygen atoms in total. The number of anilines is 1. The highest BCUT2D eigenvalue weighted by molar-refractivity contribution is 6.04. The molecule has 3 aromatic rings. The van der Waals surface area contributed by atoms with Crippen LogP contribution in [-0.2, 0) is 6.18 Å². The van der Waals surface area contributed by atoms with Gasteiger partial charge in [-0.1, -0.05) is 18.1 Å². The summed E-state index contributed by atoms with van der Waals surface area (Å²) in [4.78, 5) is 19.7. The van der Waals surface area contributed by atoms with E-state index in [-0.39, 0.29) is 17.4 Å². The quantitative estimate of drug-likeness (QED) is 0.673. The van der Waals surface area contributed by atoms with Crippen molar-refractivity contribution in [3.8, 4) is 24.0 Å². The highest BCUT2D eigenvalue weighted by atomic mass is 19.4. The highest BCUT2D eigenvalue weighted by Crippen LogP contribution is 2.29. The van der Waals surface area contributed by atoms with Gasteiger partial charge in [0.25, 0.3) is 5.91 Å². The Morgan fingerprint density at radius 3 is 2.57 bits per heavy atom. The summed E-state index contributed by atoms with van der Waals surface area (Å²) >= 11 is 0. The van der Waals surface area contributed by atoms with E-state index in [9.17, 15) is 18.0 Å². The molecule has 0 saturated carbocycles. The summed E-state index contributed by atoms with van der Waals surface area (Å²) in [5.41, 5.74) is -0.106. The minimum atomic E-state index is -4.53. The fraction of sp³-hybridized carbons (Fsp3) is 0.0500. The summed E-state index contributed by atoms with van der Waals surface area (Å²) < 4.78 is 43.0. The number of ether oxygens (including phenoxy) is 1. The molecule has 0 aliphatic carbocycles. The minimum absolute atomic E-state index is 0.0747. The van der Waals surface area contributed by atoms with Crippen molar-refractivity contribution in [2.75, 3.05) is 5.32 Å². The van der Waals surface area contributed by atoms with Crippen LogP contribution in [0.15, 0.2) is 60.8 Å². The second-order valence-corrected chi connectivity index (χ2v) is 5.52. The fourth-order valence-electron chi connectivity index (χ4n) is 2.21. The SMILES string of the molecule is C#Cc1cccc(C(=O)Nc2cccc(Oc3ccc(C(F)(F)F)nc3)n2)c1. The Balaban J connectivity index is 1.72. The lowest BCUT2D eigenvalue weighted by Gasteiger charge is -2.09. The van der Waals surface area contributed by atoms with Gasteiger partial charge in [-0.3, -0.25) is 4.79 Å². The molecule has 0 atom stereocenters. The first-order chi connectivity index (χ1) is 13.3. The smallest absolute Gasteiger partial charge is 0.433 e. The van der Waals surface area contributed by atoms with Gasteiger partial charge in [0.1, 0.15) is 17.3 Å². The van der Waals surface area contributed by atoms with E-state index < -0.39 is 17.8 Å². The standard InChI is InChI=1S/C20H12F3N3O2/c1-2-13-5-3-6-14(11-13)19(27)26-17-7-4-8-18(25-17)28-15-9-10-16(24-12-15)20(21,22)23/h1,3-12H,(H,25,26,27). The third-order valence-electron chi connectivity index (χ3n) is 3.51. The van der Waals surface area contributed by atoms with Crippen LogP contribution in [0, 0.1) is 12.3 Å². The molecule has 3 rings (SSSR count). The van der Waals surface area contributed by atoms with Crippen LogP contribution in [0.25, 0.3) is 0 Å². The average Bonchev–Trinajstić information content (AvgIpc) is 2.68. The number of hydrogen-bond acceptors (Lipinski definition) is 4. The molecule has 0 fully saturated rings. The van der Waals surface area contributed by atoms with Crippen LogP contribution < -0.4 is 10.1 Å². The third-order valence-corrected chi connectivity index (χ3v) is 3.51. The molecule has 0 spiro atoms. The third kappa shape index (κ3) is 4.65. The molecule has 1 N–H and O–H groups in total. The minimum Gasteiger partial charge on any atom is -0.437 e. The summed E-state index contributed by atoms with van der Waals surface area (Å²) in [6.45, 7) is 0. The van der Waals surface area contributed by atoms with Crippen molar-refractivity contribution in [2.24, 2.45) is 0 Å². The number of rotatable bonds is 4. The largest absolute Gasteiger partial charge is 0.437 e. The van der Waals surface area contributed by atoms with E-state index in [0.717, 1.165) is 18.3 Å². The Morgan fingerprint density at radius 2 is 1.89 bits per heavy atom. The molecule has 28 heavy (non-hydrogen) atoms. The number of benzene rings is 1. The van der Waals surface area contributed by atoms with E-state index in [2.05, 4.69) is 21.2 Å². The molecular weight excluding hydrogens is 371 g/mol. The van der Waals surface area contributed by atoms with Gasteiger partial charge >= 0.3 is 6.18 Å². The molecule has 0 unspecified atom stereocenters. The zero-order valence-corrected chi connectivity index (χ0v) is 14.2. The van der Waals surface area contributed by atoms with E-state index in [1.807, 2.05) is 0 Å². The number of hydrogen-bond donors (Lipinski definition) is 1. The van der Waals surface area contributed by atoms with Crippen molar-refractivity contribution in [1.29, 1.82) is 0 Å². The second kappa shape index (κ2) is 7.80. The lowest BCUT2D eigenvalue weighted by atomic mass is 10.1. The Bertz CT molecular complexity index is 1040. The van der Waals surface area contributed by atoms with Gasteiger partial charge < -0.3 is 10.1 Å². The van der Waals surface area contributed by atoms with Gasteiger partial charge in [-0.2, -0.15) is 18.2 Å². The van der Waals surface area contributed by atoms with Crippen molar-refractivity contribution >= 4 is 11.7 Å². The number of carbonyl (C=O) groups excluding carboxylic acids is 1. The molecule has 0 saturated heterocycles. The number of nitrogens with one attached hydrogen (secondary N) is 1. The van der Waals surface area contributed by atoms with Crippen LogP contribution in [0.5, 0.6) is 11.6 Å². The van der Waals surface area contributed by atoms with Gasteiger partial charge in [-0.15, -0.1) is 6.42 Å². The van der Waals surface area contributed by atoms with Gasteiger partial charge in [-0.25, -0.2) is 4.98 Å². The number of amides is 1. The number of alkyl halides is 3. The summed E-state index contributed by atoms with van der Waals surface area (Å²) in [6, 6.07) is 13.1. The van der Waals surface area contributed by atoms with Gasteiger partial charge in [0.15, 0.2) is 0 Å². The maximum Gasteiger partial charge on any atom is 0.433 e. The van der Waals surface area contributed by atoms with E-state index in [1.54, 1.807) is 36.4 Å². The van der Waals surface area contributed by atoms with Crippen LogP contribution >= 0.6 is 0 Å². The molecule has 2 aromatic heterocycles. The number of terminal acetylenes is 1. The molecule has 0 radical (unpaired) electrons. The van der Waals surface area contributed by atoms with Crippen molar-refractivity contribution in [1.82, 2.24) is 9.97 Å². The predicted octanol–water partition coefficient (Wildman–Crippen LogP) is 4.52. The maximum atomic E-state index is 12.5. The first kappa shape index (κ1) is 18.9. The Morgan fingerprint density at radius 1 is 1.11 bits per heavy atom. The molecule has 2 heterocycles. The number of aromatic nitrogens is 2. The topological polar surface area (TPSA) is 64.1 Å². The molecule has 1 amide bonds. The molecule has 0 aliphatic rings. The summed E-state index contributed by atoms with van der Waals surface area (Å²) in [5, 5.41) is 2.60. The van der Waals surface area contributed by atoms with Crippen molar-refractivity contribution in [3.05, 3.63) is 77.6 Å². The van der Waals surface area contributed by atoms with Crippen molar-refractivity contribution in [3.63, 3.8) is 0 Å². The molecule has 8 heteroatoms.